The third-order valence-electron chi connectivity index (χ3n) is 3.46. The standard InChI is InChI=1S/C18H24N2OS2.CH3NO2/c1-5-20(14-18(2,3)22-4)23-17-8-6-15(7-9-17)21-16-10-12-19-13-11-16;3-1-2-4/h6-13H,5,14H2,1-4H3;1,4H,(H,2,3). The van der Waals surface area contributed by atoms with E-state index in [0.717, 1.165) is 24.6 Å². The normalized spacial score (nSPS) is 10.7. The third kappa shape index (κ3) is 9.67. The van der Waals surface area contributed by atoms with Gasteiger partial charge in [0.1, 0.15) is 11.5 Å². The van der Waals surface area contributed by atoms with E-state index in [1.165, 1.54) is 10.4 Å². The largest absolute Gasteiger partial charge is 0.457 e. The van der Waals surface area contributed by atoms with Crippen molar-refractivity contribution >= 4 is 30.1 Å². The molecule has 2 rings (SSSR count). The summed E-state index contributed by atoms with van der Waals surface area (Å²) in [6.07, 6.45) is 5.81. The summed E-state index contributed by atoms with van der Waals surface area (Å²) in [6.45, 7) is 8.83. The molecule has 148 valence electrons. The van der Waals surface area contributed by atoms with E-state index in [1.54, 1.807) is 24.3 Å². The van der Waals surface area contributed by atoms with Crippen molar-refractivity contribution in [3.63, 3.8) is 0 Å². The first kappa shape index (κ1) is 23.3. The van der Waals surface area contributed by atoms with Crippen molar-refractivity contribution in [3.05, 3.63) is 48.8 Å². The van der Waals surface area contributed by atoms with Crippen LogP contribution in [-0.4, -0.2) is 45.0 Å². The van der Waals surface area contributed by atoms with Gasteiger partial charge in [0.25, 0.3) is 0 Å². The van der Waals surface area contributed by atoms with Gasteiger partial charge in [-0.05, 0) is 68.4 Å². The molecule has 0 spiro atoms. The van der Waals surface area contributed by atoms with E-state index < -0.39 is 0 Å². The van der Waals surface area contributed by atoms with Gasteiger partial charge in [-0.2, -0.15) is 11.8 Å². The number of rotatable bonds is 9. The molecule has 6 nitrogen and oxygen atoms in total. The molecule has 0 aliphatic carbocycles. The fraction of sp³-hybridized carbons (Fsp3) is 0.368. The maximum Gasteiger partial charge on any atom is 0.230 e. The lowest BCUT2D eigenvalue weighted by molar-refractivity contribution is -0.116. The number of hydrogen-bond donors (Lipinski definition) is 2. The highest BCUT2D eigenvalue weighted by atomic mass is 32.2. The van der Waals surface area contributed by atoms with E-state index in [4.69, 9.17) is 14.7 Å². The van der Waals surface area contributed by atoms with Crippen LogP contribution in [0.5, 0.6) is 11.5 Å². The number of thioether (sulfide) groups is 1. The maximum absolute atomic E-state index is 8.81. The Morgan fingerprint density at radius 1 is 1.19 bits per heavy atom. The first-order valence-electron chi connectivity index (χ1n) is 8.43. The quantitative estimate of drug-likeness (QED) is 0.274. The zero-order valence-electron chi connectivity index (χ0n) is 16.1. The van der Waals surface area contributed by atoms with Crippen molar-refractivity contribution in [3.8, 4) is 11.5 Å². The Hall–Kier alpha value is -1.74. The highest BCUT2D eigenvalue weighted by Gasteiger charge is 2.20. The van der Waals surface area contributed by atoms with Gasteiger partial charge in [0.2, 0.25) is 6.41 Å². The zero-order valence-corrected chi connectivity index (χ0v) is 17.7. The van der Waals surface area contributed by atoms with Crippen LogP contribution in [0.25, 0.3) is 0 Å². The second-order valence-corrected chi connectivity index (χ2v) is 8.70. The maximum atomic E-state index is 8.81. The van der Waals surface area contributed by atoms with Gasteiger partial charge in [-0.25, -0.2) is 9.79 Å². The molecule has 1 amide bonds. The number of pyridine rings is 1. The van der Waals surface area contributed by atoms with E-state index in [1.807, 2.05) is 36.0 Å². The predicted molar refractivity (Wildman–Crippen MR) is 112 cm³/mol. The van der Waals surface area contributed by atoms with Gasteiger partial charge in [0, 0.05) is 35.1 Å². The van der Waals surface area contributed by atoms with Crippen molar-refractivity contribution in [1.29, 1.82) is 0 Å². The Bertz CT molecular complexity index is 655. The second kappa shape index (κ2) is 12.6. The van der Waals surface area contributed by atoms with Crippen molar-refractivity contribution < 1.29 is 14.7 Å². The minimum Gasteiger partial charge on any atom is -0.457 e. The number of hydroxylamine groups is 1. The molecule has 1 aromatic carbocycles. The molecule has 0 radical (unpaired) electrons. The molecular formula is C19H27N3O3S2. The lowest BCUT2D eigenvalue weighted by atomic mass is 10.2. The van der Waals surface area contributed by atoms with Crippen LogP contribution < -0.4 is 10.2 Å². The van der Waals surface area contributed by atoms with Crippen LogP contribution in [0.1, 0.15) is 20.8 Å². The fourth-order valence-corrected chi connectivity index (χ4v) is 3.40. The molecule has 0 saturated heterocycles. The summed E-state index contributed by atoms with van der Waals surface area (Å²) in [7, 11) is 0. The molecule has 8 heteroatoms. The Kier molecular flexibility index (Phi) is 10.9. The van der Waals surface area contributed by atoms with Gasteiger partial charge in [0.15, 0.2) is 0 Å². The van der Waals surface area contributed by atoms with Crippen LogP contribution in [0, 0.1) is 0 Å². The first-order valence-corrected chi connectivity index (χ1v) is 10.4. The van der Waals surface area contributed by atoms with Gasteiger partial charge in [-0.15, -0.1) is 0 Å². The lowest BCUT2D eigenvalue weighted by Gasteiger charge is -2.29. The summed E-state index contributed by atoms with van der Waals surface area (Å²) in [5.74, 6) is 1.64. The fourth-order valence-electron chi connectivity index (χ4n) is 1.96. The topological polar surface area (TPSA) is 74.7 Å². The zero-order chi connectivity index (χ0) is 20.1. The Labute approximate surface area is 169 Å². The summed E-state index contributed by atoms with van der Waals surface area (Å²) in [6, 6.07) is 11.9. The van der Waals surface area contributed by atoms with Crippen LogP contribution in [-0.2, 0) is 4.79 Å². The summed E-state index contributed by atoms with van der Waals surface area (Å²) < 4.78 is 8.45. The Morgan fingerprint density at radius 2 is 1.74 bits per heavy atom. The Morgan fingerprint density at radius 3 is 2.22 bits per heavy atom. The van der Waals surface area contributed by atoms with E-state index >= 15 is 0 Å². The highest BCUT2D eigenvalue weighted by Crippen LogP contribution is 2.30. The lowest BCUT2D eigenvalue weighted by Crippen LogP contribution is -2.32. The molecule has 2 aromatic rings. The molecule has 27 heavy (non-hydrogen) atoms. The van der Waals surface area contributed by atoms with Crippen molar-refractivity contribution in [2.75, 3.05) is 19.3 Å². The van der Waals surface area contributed by atoms with E-state index in [2.05, 4.69) is 48.4 Å². The number of hydrogen-bond acceptors (Lipinski definition) is 7. The average Bonchev–Trinajstić information content (AvgIpc) is 2.69. The van der Waals surface area contributed by atoms with Crippen LogP contribution >= 0.6 is 23.7 Å². The van der Waals surface area contributed by atoms with Gasteiger partial charge < -0.3 is 4.74 Å². The smallest absolute Gasteiger partial charge is 0.230 e. The number of nitrogens with zero attached hydrogens (tertiary/aromatic N) is 2. The molecule has 0 bridgehead atoms. The van der Waals surface area contributed by atoms with Gasteiger partial charge >= 0.3 is 0 Å². The number of carbonyl (C=O) groups is 1. The minimum atomic E-state index is 0.181. The molecular weight excluding hydrogens is 382 g/mol. The molecule has 1 aromatic heterocycles. The number of benzene rings is 1. The van der Waals surface area contributed by atoms with Crippen LogP contribution in [0.15, 0.2) is 53.7 Å². The summed E-state index contributed by atoms with van der Waals surface area (Å²) in [5, 5.41) is 7.26. The van der Waals surface area contributed by atoms with E-state index in [9.17, 15) is 0 Å². The van der Waals surface area contributed by atoms with Crippen LogP contribution in [0.4, 0.5) is 0 Å². The SMILES string of the molecule is CCN(CC(C)(C)SC)Sc1ccc(Oc2ccncc2)cc1.O=CNO. The predicted octanol–water partition coefficient (Wildman–Crippen LogP) is 4.47. The van der Waals surface area contributed by atoms with E-state index in [0.29, 0.717) is 0 Å². The first-order chi connectivity index (χ1) is 12.9. The molecule has 0 atom stereocenters. The molecule has 0 saturated carbocycles. The van der Waals surface area contributed by atoms with Gasteiger partial charge in [-0.3, -0.25) is 15.0 Å². The summed E-state index contributed by atoms with van der Waals surface area (Å²) >= 11 is 3.71. The number of aromatic nitrogens is 1. The molecule has 2 N–H and O–H groups in total. The monoisotopic (exact) mass is 409 g/mol. The number of nitrogens with one attached hydrogen (secondary N) is 1. The average molecular weight is 410 g/mol. The minimum absolute atomic E-state index is 0.181. The molecule has 0 aliphatic rings. The van der Waals surface area contributed by atoms with Crippen molar-refractivity contribution in [2.24, 2.45) is 0 Å². The highest BCUT2D eigenvalue weighted by molar-refractivity contribution is 8.00. The van der Waals surface area contributed by atoms with Crippen LogP contribution in [0.3, 0.4) is 0 Å². The third-order valence-corrected chi connectivity index (χ3v) is 5.82. The molecule has 1 heterocycles. The van der Waals surface area contributed by atoms with Crippen LogP contribution in [0.2, 0.25) is 0 Å². The number of amides is 1. The Balaban J connectivity index is 0.000000828. The van der Waals surface area contributed by atoms with Crippen molar-refractivity contribution in [1.82, 2.24) is 14.8 Å². The summed E-state index contributed by atoms with van der Waals surface area (Å²) in [5.41, 5.74) is 1.25. The second-order valence-electron chi connectivity index (χ2n) is 6.01. The van der Waals surface area contributed by atoms with Crippen molar-refractivity contribution in [2.45, 2.75) is 30.4 Å². The molecule has 0 fully saturated rings. The molecule has 0 unspecified atom stereocenters. The summed E-state index contributed by atoms with van der Waals surface area (Å²) in [4.78, 5) is 14.0. The number of carbonyl (C=O) groups excluding carboxylic acids is 1. The number of ether oxygens (including phenoxy) is 1. The van der Waals surface area contributed by atoms with Gasteiger partial charge in [-0.1, -0.05) is 6.92 Å². The van der Waals surface area contributed by atoms with E-state index in [-0.39, 0.29) is 11.2 Å². The molecule has 0 aliphatic heterocycles. The van der Waals surface area contributed by atoms with Gasteiger partial charge in [0.05, 0.1) is 0 Å².